The molecule has 0 aliphatic rings. The molecule has 2 aromatic carbocycles. The van der Waals surface area contributed by atoms with Gasteiger partial charge in [0.15, 0.2) is 5.01 Å². The van der Waals surface area contributed by atoms with Crippen LogP contribution in [0.4, 0.5) is 4.39 Å². The van der Waals surface area contributed by atoms with Gasteiger partial charge in [-0.3, -0.25) is 9.78 Å². The number of aromatic nitrogens is 4. The zero-order valence-corrected chi connectivity index (χ0v) is 21.7. The number of amides is 1. The normalized spacial score (nSPS) is 12.9. The van der Waals surface area contributed by atoms with Crippen LogP contribution in [-0.4, -0.2) is 35.3 Å². The van der Waals surface area contributed by atoms with E-state index in [-0.39, 0.29) is 24.8 Å². The first kappa shape index (κ1) is 24.7. The van der Waals surface area contributed by atoms with Crippen LogP contribution in [-0.2, 0) is 27.6 Å². The minimum atomic E-state index is -2.75. The maximum absolute atomic E-state index is 13.8. The summed E-state index contributed by atoms with van der Waals surface area (Å²) in [6.07, 6.45) is 3.10. The molecule has 0 fully saturated rings. The van der Waals surface area contributed by atoms with E-state index < -0.39 is 9.73 Å². The molecule has 8 nitrogen and oxygen atoms in total. The van der Waals surface area contributed by atoms with Crippen LogP contribution in [0.2, 0.25) is 0 Å². The number of nitrogens with one attached hydrogen (secondary N) is 2. The maximum Gasteiger partial charge on any atom is 0.240 e. The SMILES string of the molecule is Cc1nsc(-c2cc3cc(F)ccc3n2CC(=O)NCc2ccc(-c3ccc(S(C)(=N)=O)cc3)cn2)n1. The van der Waals surface area contributed by atoms with E-state index in [1.807, 2.05) is 34.9 Å². The Bertz CT molecular complexity index is 1710. The molecule has 0 saturated heterocycles. The van der Waals surface area contributed by atoms with Gasteiger partial charge in [0.2, 0.25) is 5.91 Å². The molecule has 0 aliphatic carbocycles. The Labute approximate surface area is 217 Å². The van der Waals surface area contributed by atoms with Gasteiger partial charge in [-0.15, -0.1) is 0 Å². The first-order valence-electron chi connectivity index (χ1n) is 11.3. The van der Waals surface area contributed by atoms with Crippen LogP contribution in [0.3, 0.4) is 0 Å². The van der Waals surface area contributed by atoms with E-state index >= 15 is 0 Å². The van der Waals surface area contributed by atoms with Crippen LogP contribution < -0.4 is 5.32 Å². The zero-order valence-electron chi connectivity index (χ0n) is 20.1. The van der Waals surface area contributed by atoms with Crippen LogP contribution in [0, 0.1) is 17.5 Å². The highest BCUT2D eigenvalue weighted by Crippen LogP contribution is 2.30. The second-order valence-electron chi connectivity index (χ2n) is 8.65. The van der Waals surface area contributed by atoms with Crippen molar-refractivity contribution >= 4 is 38.1 Å². The highest BCUT2D eigenvalue weighted by Gasteiger charge is 2.17. The molecular formula is C26H23FN6O2S2. The second-order valence-corrected chi connectivity index (χ2v) is 11.6. The lowest BCUT2D eigenvalue weighted by atomic mass is 10.1. The van der Waals surface area contributed by atoms with Gasteiger partial charge in [0.05, 0.1) is 27.7 Å². The van der Waals surface area contributed by atoms with Gasteiger partial charge < -0.3 is 9.88 Å². The van der Waals surface area contributed by atoms with Gasteiger partial charge in [-0.25, -0.2) is 18.4 Å². The van der Waals surface area contributed by atoms with E-state index in [2.05, 4.69) is 19.7 Å². The number of hydrogen-bond acceptors (Lipinski definition) is 7. The van der Waals surface area contributed by atoms with E-state index in [4.69, 9.17) is 4.78 Å². The van der Waals surface area contributed by atoms with Crippen molar-refractivity contribution in [1.29, 1.82) is 4.78 Å². The van der Waals surface area contributed by atoms with Crippen molar-refractivity contribution in [2.24, 2.45) is 0 Å². The summed E-state index contributed by atoms with van der Waals surface area (Å²) in [5.41, 5.74) is 3.90. The summed E-state index contributed by atoms with van der Waals surface area (Å²) in [4.78, 5) is 22.2. The van der Waals surface area contributed by atoms with E-state index in [1.54, 1.807) is 31.3 Å². The predicted molar refractivity (Wildman–Crippen MR) is 142 cm³/mol. The number of benzene rings is 2. The third kappa shape index (κ3) is 5.42. The molecule has 0 spiro atoms. The molecule has 1 unspecified atom stereocenters. The summed E-state index contributed by atoms with van der Waals surface area (Å²) < 4.78 is 39.4. The van der Waals surface area contributed by atoms with Crippen LogP contribution >= 0.6 is 11.5 Å². The lowest BCUT2D eigenvalue weighted by molar-refractivity contribution is -0.121. The van der Waals surface area contributed by atoms with Gasteiger partial charge in [0.1, 0.15) is 18.2 Å². The van der Waals surface area contributed by atoms with Gasteiger partial charge in [-0.1, -0.05) is 18.2 Å². The predicted octanol–water partition coefficient (Wildman–Crippen LogP) is 5.02. The zero-order chi connectivity index (χ0) is 26.2. The lowest BCUT2D eigenvalue weighted by Gasteiger charge is -2.10. The summed E-state index contributed by atoms with van der Waals surface area (Å²) in [6, 6.07) is 17.0. The molecule has 3 heterocycles. The Hall–Kier alpha value is -3.96. The largest absolute Gasteiger partial charge is 0.349 e. The average molecular weight is 535 g/mol. The fraction of sp³-hybridized carbons (Fsp3) is 0.154. The highest BCUT2D eigenvalue weighted by molar-refractivity contribution is 7.91. The van der Waals surface area contributed by atoms with E-state index in [0.29, 0.717) is 32.5 Å². The van der Waals surface area contributed by atoms with Crippen molar-refractivity contribution in [2.75, 3.05) is 6.26 Å². The number of rotatable bonds is 7. The standard InChI is InChI=1S/C26H23FN6O2S2/c1-16-31-26(36-32-16)24-12-19-11-20(27)6-10-23(19)33(24)15-25(34)30-14-21-7-3-18(13-29-21)17-4-8-22(9-5-17)37(2,28)35/h3-13,28H,14-15H2,1-2H3,(H,30,34). The highest BCUT2D eigenvalue weighted by atomic mass is 32.2. The van der Waals surface area contributed by atoms with Crippen LogP contribution in [0.15, 0.2) is 71.8 Å². The fourth-order valence-electron chi connectivity index (χ4n) is 3.99. The van der Waals surface area contributed by atoms with Crippen molar-refractivity contribution in [1.82, 2.24) is 24.2 Å². The minimum Gasteiger partial charge on any atom is -0.349 e. The summed E-state index contributed by atoms with van der Waals surface area (Å²) in [5.74, 6) is 0.0737. The first-order valence-corrected chi connectivity index (χ1v) is 14.1. The monoisotopic (exact) mass is 534 g/mol. The van der Waals surface area contributed by atoms with Gasteiger partial charge in [0.25, 0.3) is 0 Å². The number of hydrogen-bond donors (Lipinski definition) is 2. The molecule has 1 atom stereocenters. The first-order chi connectivity index (χ1) is 17.7. The van der Waals surface area contributed by atoms with E-state index in [9.17, 15) is 13.4 Å². The number of fused-ring (bicyclic) bond motifs is 1. The van der Waals surface area contributed by atoms with Crippen LogP contribution in [0.1, 0.15) is 11.5 Å². The Morgan fingerprint density at radius 1 is 1.11 bits per heavy atom. The second kappa shape index (κ2) is 9.83. The van der Waals surface area contributed by atoms with Crippen molar-refractivity contribution < 1.29 is 13.4 Å². The molecule has 0 aliphatic heterocycles. The number of halogens is 1. The lowest BCUT2D eigenvalue weighted by Crippen LogP contribution is -2.27. The number of nitrogens with zero attached hydrogens (tertiary/aromatic N) is 4. The van der Waals surface area contributed by atoms with Gasteiger partial charge in [-0.2, -0.15) is 4.37 Å². The van der Waals surface area contributed by atoms with Crippen molar-refractivity contribution in [3.63, 3.8) is 0 Å². The summed E-state index contributed by atoms with van der Waals surface area (Å²) in [5, 5.41) is 4.25. The Balaban J connectivity index is 1.29. The van der Waals surface area contributed by atoms with E-state index in [1.165, 1.54) is 29.9 Å². The third-order valence-corrected chi connectivity index (χ3v) is 7.84. The van der Waals surface area contributed by atoms with Crippen molar-refractivity contribution in [3.05, 3.63) is 84.2 Å². The Morgan fingerprint density at radius 3 is 2.51 bits per heavy atom. The molecular weight excluding hydrogens is 511 g/mol. The molecule has 3 aromatic heterocycles. The Kier molecular flexibility index (Phi) is 6.57. The van der Waals surface area contributed by atoms with E-state index in [0.717, 1.165) is 16.6 Å². The van der Waals surface area contributed by atoms with Gasteiger partial charge in [0, 0.05) is 33.8 Å². The number of carbonyl (C=O) groups excluding carboxylic acids is 1. The molecule has 0 saturated carbocycles. The third-order valence-electron chi connectivity index (χ3n) is 5.84. The molecule has 0 radical (unpaired) electrons. The topological polar surface area (TPSA) is 114 Å². The fourth-order valence-corrected chi connectivity index (χ4v) is 5.34. The number of carbonyl (C=O) groups is 1. The molecule has 1 amide bonds. The molecule has 2 N–H and O–H groups in total. The molecule has 188 valence electrons. The van der Waals surface area contributed by atoms with Crippen molar-refractivity contribution in [2.45, 2.75) is 24.9 Å². The summed E-state index contributed by atoms with van der Waals surface area (Å²) >= 11 is 1.23. The number of pyridine rings is 1. The average Bonchev–Trinajstić information content (AvgIpc) is 3.45. The Morgan fingerprint density at radius 2 is 1.86 bits per heavy atom. The summed E-state index contributed by atoms with van der Waals surface area (Å²) in [6.45, 7) is 2.08. The summed E-state index contributed by atoms with van der Waals surface area (Å²) in [7, 11) is -2.75. The molecule has 5 aromatic rings. The quantitative estimate of drug-likeness (QED) is 0.304. The number of aryl methyl sites for hydroxylation is 1. The molecule has 0 bridgehead atoms. The molecule has 11 heteroatoms. The molecule has 37 heavy (non-hydrogen) atoms. The smallest absolute Gasteiger partial charge is 0.240 e. The molecule has 5 rings (SSSR count). The van der Waals surface area contributed by atoms with Gasteiger partial charge >= 0.3 is 0 Å². The van der Waals surface area contributed by atoms with Crippen LogP contribution in [0.25, 0.3) is 32.7 Å². The van der Waals surface area contributed by atoms with Crippen LogP contribution in [0.5, 0.6) is 0 Å². The maximum atomic E-state index is 13.8. The van der Waals surface area contributed by atoms with Gasteiger partial charge in [-0.05, 0) is 66.5 Å². The van der Waals surface area contributed by atoms with Crippen molar-refractivity contribution in [3.8, 4) is 21.8 Å². The minimum absolute atomic E-state index is 0.0319.